The molecule has 0 aliphatic carbocycles. The highest BCUT2D eigenvalue weighted by molar-refractivity contribution is 7.98. The maximum absolute atomic E-state index is 12.5. The molecule has 3 rings (SSSR count). The molecule has 0 aliphatic rings. The van der Waals surface area contributed by atoms with Gasteiger partial charge in [0.05, 0.1) is 12.3 Å². The number of pyridine rings is 1. The zero-order chi connectivity index (χ0) is 24.7. The van der Waals surface area contributed by atoms with Crippen LogP contribution in [0.15, 0.2) is 52.0 Å². The number of anilines is 3. The van der Waals surface area contributed by atoms with E-state index >= 15 is 0 Å². The van der Waals surface area contributed by atoms with Crippen LogP contribution in [0.1, 0.15) is 33.5 Å². The highest BCUT2D eigenvalue weighted by atomic mass is 32.2. The molecule has 0 atom stereocenters. The van der Waals surface area contributed by atoms with Crippen LogP contribution >= 0.6 is 11.8 Å². The standard InChI is InChI=1S/C23H27N5O5S/c1-6-31-22(30)27-19-12-15(9-10-24-19)32-14-7-8-16(17(11-14)34-5)25-21(29)26-20-13-18(33-28-20)23(2,3)4/h7-13H,6H2,1-5H3,(H,24,27,30)(H2,25,26,28,29). The molecule has 2 aromatic heterocycles. The first kappa shape index (κ1) is 24.9. The number of ether oxygens (including phenoxy) is 2. The van der Waals surface area contributed by atoms with E-state index in [9.17, 15) is 9.59 Å². The molecule has 10 nitrogen and oxygen atoms in total. The summed E-state index contributed by atoms with van der Waals surface area (Å²) in [6, 6.07) is 9.77. The van der Waals surface area contributed by atoms with Crippen molar-refractivity contribution in [1.82, 2.24) is 10.1 Å². The number of urea groups is 1. The maximum atomic E-state index is 12.5. The van der Waals surface area contributed by atoms with E-state index in [1.165, 1.54) is 18.0 Å². The van der Waals surface area contributed by atoms with Gasteiger partial charge in [-0.15, -0.1) is 11.8 Å². The number of carbonyl (C=O) groups excluding carboxylic acids is 2. The van der Waals surface area contributed by atoms with Gasteiger partial charge in [-0.05, 0) is 37.4 Å². The van der Waals surface area contributed by atoms with E-state index in [-0.39, 0.29) is 12.0 Å². The molecule has 11 heteroatoms. The van der Waals surface area contributed by atoms with E-state index in [0.717, 1.165) is 4.90 Å². The number of carbonyl (C=O) groups is 2. The van der Waals surface area contributed by atoms with E-state index in [1.807, 2.05) is 27.0 Å². The zero-order valence-corrected chi connectivity index (χ0v) is 20.4. The topological polar surface area (TPSA) is 128 Å². The molecule has 0 spiro atoms. The second-order valence-corrected chi connectivity index (χ2v) is 8.94. The first-order valence-corrected chi connectivity index (χ1v) is 11.7. The quantitative estimate of drug-likeness (QED) is 0.343. The Morgan fingerprint density at radius 3 is 2.47 bits per heavy atom. The fourth-order valence-corrected chi connectivity index (χ4v) is 3.32. The average Bonchev–Trinajstić information content (AvgIpc) is 3.24. The lowest BCUT2D eigenvalue weighted by atomic mass is 9.93. The van der Waals surface area contributed by atoms with Gasteiger partial charge in [-0.25, -0.2) is 14.6 Å². The normalized spacial score (nSPS) is 11.0. The van der Waals surface area contributed by atoms with Gasteiger partial charge in [0.1, 0.15) is 23.1 Å². The third kappa shape index (κ3) is 6.88. The largest absolute Gasteiger partial charge is 0.457 e. The Kier molecular flexibility index (Phi) is 8.00. The monoisotopic (exact) mass is 485 g/mol. The van der Waals surface area contributed by atoms with E-state index < -0.39 is 12.1 Å². The van der Waals surface area contributed by atoms with Crippen molar-refractivity contribution in [3.8, 4) is 11.5 Å². The number of thioether (sulfide) groups is 1. The van der Waals surface area contributed by atoms with Crippen LogP contribution in [-0.4, -0.2) is 35.1 Å². The summed E-state index contributed by atoms with van der Waals surface area (Å²) in [6.45, 7) is 7.96. The lowest BCUT2D eigenvalue weighted by Crippen LogP contribution is -2.20. The fourth-order valence-electron chi connectivity index (χ4n) is 2.75. The van der Waals surface area contributed by atoms with Crippen molar-refractivity contribution in [1.29, 1.82) is 0 Å². The third-order valence-corrected chi connectivity index (χ3v) is 5.16. The van der Waals surface area contributed by atoms with Crippen LogP contribution in [0.4, 0.5) is 26.9 Å². The Hall–Kier alpha value is -3.73. The Morgan fingerprint density at radius 2 is 1.79 bits per heavy atom. The Morgan fingerprint density at radius 1 is 1.03 bits per heavy atom. The van der Waals surface area contributed by atoms with Crippen molar-refractivity contribution in [2.45, 2.75) is 38.0 Å². The van der Waals surface area contributed by atoms with Gasteiger partial charge in [0.2, 0.25) is 0 Å². The van der Waals surface area contributed by atoms with Crippen molar-refractivity contribution in [2.24, 2.45) is 0 Å². The summed E-state index contributed by atoms with van der Waals surface area (Å²) in [5.41, 5.74) is 0.395. The summed E-state index contributed by atoms with van der Waals surface area (Å²) in [5.74, 6) is 2.34. The van der Waals surface area contributed by atoms with Crippen LogP contribution in [0.2, 0.25) is 0 Å². The summed E-state index contributed by atoms with van der Waals surface area (Å²) in [5, 5.41) is 11.9. The minimum atomic E-state index is -0.592. The van der Waals surface area contributed by atoms with Crippen molar-refractivity contribution in [3.05, 3.63) is 48.4 Å². The van der Waals surface area contributed by atoms with Crippen LogP contribution in [0.3, 0.4) is 0 Å². The Labute approximate surface area is 201 Å². The van der Waals surface area contributed by atoms with Gasteiger partial charge in [0, 0.05) is 28.6 Å². The maximum Gasteiger partial charge on any atom is 0.412 e. The van der Waals surface area contributed by atoms with Crippen molar-refractivity contribution >= 4 is 41.2 Å². The average molecular weight is 486 g/mol. The van der Waals surface area contributed by atoms with Crippen LogP contribution in [0, 0.1) is 0 Å². The second kappa shape index (κ2) is 10.9. The van der Waals surface area contributed by atoms with E-state index in [1.54, 1.807) is 43.3 Å². The van der Waals surface area contributed by atoms with Gasteiger partial charge in [-0.2, -0.15) is 0 Å². The highest BCUT2D eigenvalue weighted by Gasteiger charge is 2.20. The fraction of sp³-hybridized carbons (Fsp3) is 0.304. The lowest BCUT2D eigenvalue weighted by molar-refractivity contribution is 0.168. The number of nitrogens with zero attached hydrogens (tertiary/aromatic N) is 2. The number of hydrogen-bond acceptors (Lipinski definition) is 8. The smallest absolute Gasteiger partial charge is 0.412 e. The lowest BCUT2D eigenvalue weighted by Gasteiger charge is -2.13. The zero-order valence-electron chi connectivity index (χ0n) is 19.6. The second-order valence-electron chi connectivity index (χ2n) is 8.09. The van der Waals surface area contributed by atoms with Crippen LogP contribution in [-0.2, 0) is 10.2 Å². The summed E-state index contributed by atoms with van der Waals surface area (Å²) >= 11 is 1.45. The van der Waals surface area contributed by atoms with Crippen LogP contribution in [0.25, 0.3) is 0 Å². The summed E-state index contributed by atoms with van der Waals surface area (Å²) < 4.78 is 16.0. The molecular weight excluding hydrogens is 458 g/mol. The summed E-state index contributed by atoms with van der Waals surface area (Å²) in [6.07, 6.45) is 2.82. The molecule has 3 amide bonds. The molecule has 0 unspecified atom stereocenters. The molecule has 0 bridgehead atoms. The molecule has 0 saturated carbocycles. The number of amides is 3. The van der Waals surface area contributed by atoms with Gasteiger partial charge < -0.3 is 19.3 Å². The number of rotatable bonds is 7. The number of benzene rings is 1. The van der Waals surface area contributed by atoms with E-state index in [4.69, 9.17) is 14.0 Å². The van der Waals surface area contributed by atoms with E-state index in [2.05, 4.69) is 26.1 Å². The summed E-state index contributed by atoms with van der Waals surface area (Å²) in [7, 11) is 0. The van der Waals surface area contributed by atoms with Crippen molar-refractivity contribution < 1.29 is 23.6 Å². The SMILES string of the molecule is CCOC(=O)Nc1cc(Oc2ccc(NC(=O)Nc3cc(C(C)(C)C)on3)c(SC)c2)ccn1. The van der Waals surface area contributed by atoms with Gasteiger partial charge in [0.25, 0.3) is 0 Å². The highest BCUT2D eigenvalue weighted by Crippen LogP contribution is 2.32. The number of hydrogen-bond donors (Lipinski definition) is 3. The molecule has 34 heavy (non-hydrogen) atoms. The van der Waals surface area contributed by atoms with Crippen LogP contribution < -0.4 is 20.7 Å². The van der Waals surface area contributed by atoms with Gasteiger partial charge >= 0.3 is 12.1 Å². The van der Waals surface area contributed by atoms with Crippen molar-refractivity contribution in [2.75, 3.05) is 28.8 Å². The molecule has 0 aliphatic heterocycles. The molecule has 3 N–H and O–H groups in total. The van der Waals surface area contributed by atoms with Crippen molar-refractivity contribution in [3.63, 3.8) is 0 Å². The summed E-state index contributed by atoms with van der Waals surface area (Å²) in [4.78, 5) is 28.9. The van der Waals surface area contributed by atoms with Crippen LogP contribution in [0.5, 0.6) is 11.5 Å². The predicted octanol–water partition coefficient (Wildman–Crippen LogP) is 6.09. The first-order valence-electron chi connectivity index (χ1n) is 10.5. The molecule has 0 fully saturated rings. The number of aromatic nitrogens is 2. The number of nitrogens with one attached hydrogen (secondary N) is 3. The minimum absolute atomic E-state index is 0.213. The van der Waals surface area contributed by atoms with Gasteiger partial charge in [-0.1, -0.05) is 25.9 Å². The third-order valence-electron chi connectivity index (χ3n) is 4.38. The molecule has 2 heterocycles. The molecule has 3 aromatic rings. The minimum Gasteiger partial charge on any atom is -0.457 e. The van der Waals surface area contributed by atoms with Gasteiger partial charge in [0.15, 0.2) is 5.82 Å². The van der Waals surface area contributed by atoms with Gasteiger partial charge in [-0.3, -0.25) is 10.6 Å². The Bertz CT molecular complexity index is 1160. The van der Waals surface area contributed by atoms with E-state index in [0.29, 0.717) is 34.6 Å². The first-order chi connectivity index (χ1) is 16.2. The molecular formula is C23H27N5O5S. The molecule has 1 aromatic carbocycles. The molecule has 0 radical (unpaired) electrons. The molecule has 180 valence electrons. The molecule has 0 saturated heterocycles. The Balaban J connectivity index is 1.66. The predicted molar refractivity (Wildman–Crippen MR) is 131 cm³/mol.